The second kappa shape index (κ2) is 10.2. The van der Waals surface area contributed by atoms with Crippen LogP contribution in [0.1, 0.15) is 0 Å². The lowest BCUT2D eigenvalue weighted by molar-refractivity contribution is -0.134. The van der Waals surface area contributed by atoms with Gasteiger partial charge >= 0.3 is 11.9 Å². The lowest BCUT2D eigenvalue weighted by Gasteiger charge is -2.05. The minimum Gasteiger partial charge on any atom is -0.478 e. The van der Waals surface area contributed by atoms with Gasteiger partial charge in [0.2, 0.25) is 0 Å². The highest BCUT2D eigenvalue weighted by Crippen LogP contribution is 2.39. The van der Waals surface area contributed by atoms with Crippen molar-refractivity contribution in [2.45, 2.75) is 6.54 Å². The number of carboxylic acid groups (broad SMARTS) is 2. The van der Waals surface area contributed by atoms with Crippen molar-refractivity contribution >= 4 is 57.6 Å². The second-order valence-electron chi connectivity index (χ2n) is 5.49. The molecule has 0 unspecified atom stereocenters. The molecule has 0 amide bonds. The Morgan fingerprint density at radius 2 is 1.72 bits per heavy atom. The summed E-state index contributed by atoms with van der Waals surface area (Å²) in [5.41, 5.74) is 8.02. The fraction of sp³-hybridized carbons (Fsp3) is 0.111. The van der Waals surface area contributed by atoms with Crippen LogP contribution >= 0.6 is 34.8 Å². The first kappa shape index (κ1) is 22.6. The van der Waals surface area contributed by atoms with E-state index < -0.39 is 11.9 Å². The van der Waals surface area contributed by atoms with E-state index in [2.05, 4.69) is 10.1 Å². The quantitative estimate of drug-likeness (QED) is 0.393. The van der Waals surface area contributed by atoms with Crippen LogP contribution in [0.25, 0.3) is 22.2 Å². The summed E-state index contributed by atoms with van der Waals surface area (Å²) < 4.78 is 1.84. The van der Waals surface area contributed by atoms with Gasteiger partial charge in [-0.2, -0.15) is 5.10 Å². The maximum atomic E-state index is 9.55. The van der Waals surface area contributed by atoms with Crippen molar-refractivity contribution in [1.29, 1.82) is 0 Å². The van der Waals surface area contributed by atoms with Crippen molar-refractivity contribution < 1.29 is 19.8 Å². The van der Waals surface area contributed by atoms with Crippen LogP contribution in [0.15, 0.2) is 42.7 Å². The third-order valence-corrected chi connectivity index (χ3v) is 4.85. The molecule has 0 saturated carbocycles. The van der Waals surface area contributed by atoms with Crippen LogP contribution in [0.5, 0.6) is 0 Å². The summed E-state index contributed by atoms with van der Waals surface area (Å²) in [5, 5.41) is 22.2. The number of pyridine rings is 1. The minimum absolute atomic E-state index is 0.321. The van der Waals surface area contributed by atoms with E-state index in [0.29, 0.717) is 40.3 Å². The highest BCUT2D eigenvalue weighted by molar-refractivity contribution is 6.49. The number of hydrogen-bond donors (Lipinski definition) is 3. The Kier molecular flexibility index (Phi) is 7.98. The van der Waals surface area contributed by atoms with Crippen molar-refractivity contribution in [2.24, 2.45) is 5.73 Å². The first-order chi connectivity index (χ1) is 13.8. The standard InChI is InChI=1S/C14H11Cl3N4.C4H4O4/c15-10-2-1-8(12(16)13(10)17)14-9-7-19-5-3-11(9)21(20-14)6-4-18;5-3(6)1-2-4(7)8/h1-3,5,7H,4,6,18H2;1-2H,(H,5,6)(H,7,8)/b;2-1+. The number of aromatic nitrogens is 3. The summed E-state index contributed by atoms with van der Waals surface area (Å²) >= 11 is 18.4. The number of benzene rings is 1. The molecule has 0 aliphatic rings. The Bertz CT molecular complexity index is 1070. The predicted octanol–water partition coefficient (Wildman–Crippen LogP) is 3.73. The zero-order valence-corrected chi connectivity index (χ0v) is 17.0. The Balaban J connectivity index is 0.000000321. The van der Waals surface area contributed by atoms with Gasteiger partial charge in [0.25, 0.3) is 0 Å². The number of nitrogens with zero attached hydrogens (tertiary/aromatic N) is 3. The highest BCUT2D eigenvalue weighted by Gasteiger charge is 2.17. The smallest absolute Gasteiger partial charge is 0.328 e. The monoisotopic (exact) mass is 456 g/mol. The van der Waals surface area contributed by atoms with Crippen molar-refractivity contribution in [3.63, 3.8) is 0 Å². The van der Waals surface area contributed by atoms with Crippen molar-refractivity contribution in [2.75, 3.05) is 6.54 Å². The molecule has 3 rings (SSSR count). The summed E-state index contributed by atoms with van der Waals surface area (Å²) in [4.78, 5) is 23.3. The molecule has 0 radical (unpaired) electrons. The highest BCUT2D eigenvalue weighted by atomic mass is 35.5. The number of nitrogens with two attached hydrogens (primary N) is 1. The summed E-state index contributed by atoms with van der Waals surface area (Å²) in [7, 11) is 0. The SMILES string of the molecule is NCCn1nc(-c2ccc(Cl)c(Cl)c2Cl)c2cnccc21.O=C(O)/C=C/C(=O)O. The predicted molar refractivity (Wildman–Crippen MR) is 111 cm³/mol. The Hall–Kier alpha value is -2.65. The van der Waals surface area contributed by atoms with E-state index in [1.807, 2.05) is 10.7 Å². The molecule has 152 valence electrons. The molecule has 0 fully saturated rings. The zero-order valence-electron chi connectivity index (χ0n) is 14.7. The average molecular weight is 458 g/mol. The fourth-order valence-electron chi connectivity index (χ4n) is 2.37. The maximum Gasteiger partial charge on any atom is 0.328 e. The number of rotatable bonds is 5. The van der Waals surface area contributed by atoms with Crippen LogP contribution < -0.4 is 5.73 Å². The van der Waals surface area contributed by atoms with Crippen molar-refractivity contribution in [3.8, 4) is 11.3 Å². The first-order valence-corrected chi connectivity index (χ1v) is 9.18. The molecule has 2 aromatic heterocycles. The van der Waals surface area contributed by atoms with E-state index in [4.69, 9.17) is 50.7 Å². The summed E-state index contributed by atoms with van der Waals surface area (Å²) in [6.45, 7) is 1.10. The summed E-state index contributed by atoms with van der Waals surface area (Å²) in [5.74, 6) is -2.51. The van der Waals surface area contributed by atoms with Gasteiger partial charge in [0.05, 0.1) is 27.1 Å². The molecule has 0 atom stereocenters. The molecule has 4 N–H and O–H groups in total. The number of fused-ring (bicyclic) bond motifs is 1. The van der Waals surface area contributed by atoms with E-state index >= 15 is 0 Å². The van der Waals surface area contributed by atoms with E-state index in [0.717, 1.165) is 22.2 Å². The number of hydrogen-bond acceptors (Lipinski definition) is 5. The number of carboxylic acids is 2. The van der Waals surface area contributed by atoms with E-state index in [9.17, 15) is 9.59 Å². The van der Waals surface area contributed by atoms with Gasteiger partial charge in [-0.15, -0.1) is 0 Å². The van der Waals surface area contributed by atoms with Gasteiger partial charge in [0.15, 0.2) is 0 Å². The summed E-state index contributed by atoms with van der Waals surface area (Å²) in [6.07, 6.45) is 4.59. The lowest BCUT2D eigenvalue weighted by Crippen LogP contribution is -2.10. The minimum atomic E-state index is -1.26. The Morgan fingerprint density at radius 1 is 1.07 bits per heavy atom. The third-order valence-electron chi connectivity index (χ3n) is 3.55. The van der Waals surface area contributed by atoms with Crippen molar-refractivity contribution in [3.05, 3.63) is 57.8 Å². The first-order valence-electron chi connectivity index (χ1n) is 8.04. The van der Waals surface area contributed by atoms with Gasteiger partial charge in [-0.05, 0) is 18.2 Å². The molecule has 29 heavy (non-hydrogen) atoms. The van der Waals surface area contributed by atoms with E-state index in [1.165, 1.54) is 0 Å². The summed E-state index contributed by atoms with van der Waals surface area (Å²) in [6, 6.07) is 5.40. The van der Waals surface area contributed by atoms with Gasteiger partial charge < -0.3 is 15.9 Å². The van der Waals surface area contributed by atoms with Crippen LogP contribution in [0, 0.1) is 0 Å². The number of halogens is 3. The van der Waals surface area contributed by atoms with Gasteiger partial charge in [-0.3, -0.25) is 9.67 Å². The van der Waals surface area contributed by atoms with Crippen LogP contribution in [-0.2, 0) is 16.1 Å². The normalized spacial score (nSPS) is 10.8. The molecular weight excluding hydrogens is 443 g/mol. The maximum absolute atomic E-state index is 9.55. The molecule has 0 aliphatic carbocycles. The molecule has 11 heteroatoms. The van der Waals surface area contributed by atoms with Crippen LogP contribution in [0.2, 0.25) is 15.1 Å². The third kappa shape index (κ3) is 5.68. The molecule has 0 spiro atoms. The largest absolute Gasteiger partial charge is 0.478 e. The molecule has 2 heterocycles. The molecule has 3 aromatic rings. The number of carbonyl (C=O) groups is 2. The molecule has 0 aliphatic heterocycles. The van der Waals surface area contributed by atoms with Crippen LogP contribution in [0.4, 0.5) is 0 Å². The van der Waals surface area contributed by atoms with Crippen LogP contribution in [-0.4, -0.2) is 43.5 Å². The lowest BCUT2D eigenvalue weighted by atomic mass is 10.1. The van der Waals surface area contributed by atoms with Gasteiger partial charge in [0.1, 0.15) is 5.69 Å². The van der Waals surface area contributed by atoms with Gasteiger partial charge in [-0.25, -0.2) is 9.59 Å². The zero-order chi connectivity index (χ0) is 21.6. The molecule has 8 nitrogen and oxygen atoms in total. The topological polar surface area (TPSA) is 131 Å². The average Bonchev–Trinajstić information content (AvgIpc) is 3.04. The van der Waals surface area contributed by atoms with Crippen LogP contribution in [0.3, 0.4) is 0 Å². The molecule has 0 saturated heterocycles. The van der Waals surface area contributed by atoms with Gasteiger partial charge in [0, 0.05) is 42.0 Å². The van der Waals surface area contributed by atoms with Gasteiger partial charge in [-0.1, -0.05) is 34.8 Å². The molecule has 1 aromatic carbocycles. The second-order valence-corrected chi connectivity index (χ2v) is 6.65. The number of aliphatic carboxylic acids is 2. The molecular formula is C18H15Cl3N4O4. The Labute approximate surface area is 180 Å². The van der Waals surface area contributed by atoms with E-state index in [-0.39, 0.29) is 0 Å². The van der Waals surface area contributed by atoms with Crippen molar-refractivity contribution in [1.82, 2.24) is 14.8 Å². The molecule has 0 bridgehead atoms. The Morgan fingerprint density at radius 3 is 2.31 bits per heavy atom. The van der Waals surface area contributed by atoms with E-state index in [1.54, 1.807) is 24.5 Å². The fourth-order valence-corrected chi connectivity index (χ4v) is 2.99.